The molecule has 7 heteroatoms. The first-order valence-corrected chi connectivity index (χ1v) is 5.29. The van der Waals surface area contributed by atoms with Crippen molar-refractivity contribution in [1.82, 2.24) is 24.5 Å². The molecule has 0 saturated carbocycles. The van der Waals surface area contributed by atoms with Crippen LogP contribution in [0.3, 0.4) is 0 Å². The number of hydrogen-bond donors (Lipinski definition) is 1. The summed E-state index contributed by atoms with van der Waals surface area (Å²) in [5.74, 6) is 1.62. The van der Waals surface area contributed by atoms with Crippen LogP contribution in [0.2, 0.25) is 0 Å². The van der Waals surface area contributed by atoms with Gasteiger partial charge >= 0.3 is 6.01 Å². The van der Waals surface area contributed by atoms with Crippen LogP contribution in [0.5, 0.6) is 6.01 Å². The topological polar surface area (TPSA) is 77.8 Å². The van der Waals surface area contributed by atoms with Gasteiger partial charge in [-0.1, -0.05) is 0 Å². The number of aromatic nitrogens is 5. The van der Waals surface area contributed by atoms with Gasteiger partial charge in [-0.05, 0) is 6.92 Å². The van der Waals surface area contributed by atoms with Gasteiger partial charge in [-0.15, -0.1) is 0 Å². The summed E-state index contributed by atoms with van der Waals surface area (Å²) in [6, 6.07) is 0.296. The maximum atomic E-state index is 5.29. The number of ether oxygens (including phenoxy) is 1. The zero-order valence-corrected chi connectivity index (χ0v) is 10.0. The molecule has 17 heavy (non-hydrogen) atoms. The second-order valence-corrected chi connectivity index (χ2v) is 3.31. The van der Waals surface area contributed by atoms with Crippen molar-refractivity contribution in [3.63, 3.8) is 0 Å². The summed E-state index contributed by atoms with van der Waals surface area (Å²) in [5.41, 5.74) is 0. The zero-order chi connectivity index (χ0) is 12.3. The van der Waals surface area contributed by atoms with Crippen LogP contribution in [0.15, 0.2) is 12.4 Å². The Hall–Kier alpha value is -2.18. The molecule has 2 heterocycles. The Morgan fingerprint density at radius 2 is 2.18 bits per heavy atom. The van der Waals surface area contributed by atoms with Crippen molar-refractivity contribution in [3.05, 3.63) is 12.4 Å². The van der Waals surface area contributed by atoms with E-state index >= 15 is 0 Å². The van der Waals surface area contributed by atoms with Gasteiger partial charge in [0.05, 0.1) is 6.61 Å². The highest BCUT2D eigenvalue weighted by Crippen LogP contribution is 2.16. The standard InChI is InChI=1S/C10H14N6O/c1-4-17-10-14-7(13-9(11-2)15-10)8-12-5-6-16(8)3/h5-6H,4H2,1-3H3,(H,11,13,14,15). The summed E-state index contributed by atoms with van der Waals surface area (Å²) < 4.78 is 7.13. The SMILES string of the molecule is CCOc1nc(NC)nc(-c2nccn2C)n1. The molecule has 0 unspecified atom stereocenters. The van der Waals surface area contributed by atoms with E-state index in [1.54, 1.807) is 13.2 Å². The van der Waals surface area contributed by atoms with Crippen LogP contribution in [0, 0.1) is 0 Å². The van der Waals surface area contributed by atoms with Gasteiger partial charge in [0.1, 0.15) is 0 Å². The van der Waals surface area contributed by atoms with Crippen molar-refractivity contribution in [2.24, 2.45) is 7.05 Å². The maximum absolute atomic E-state index is 5.29. The molecule has 0 fully saturated rings. The molecule has 0 amide bonds. The molecule has 0 saturated heterocycles. The predicted molar refractivity (Wildman–Crippen MR) is 62.7 cm³/mol. The second kappa shape index (κ2) is 4.77. The monoisotopic (exact) mass is 234 g/mol. The van der Waals surface area contributed by atoms with Gasteiger partial charge in [-0.25, -0.2) is 4.98 Å². The van der Waals surface area contributed by atoms with Crippen molar-refractivity contribution in [2.45, 2.75) is 6.92 Å². The average Bonchev–Trinajstić information content (AvgIpc) is 2.75. The molecular formula is C10H14N6O. The van der Waals surface area contributed by atoms with Crippen LogP contribution in [-0.2, 0) is 7.05 Å². The Kier molecular flexibility index (Phi) is 3.17. The first-order chi connectivity index (χ1) is 8.24. The summed E-state index contributed by atoms with van der Waals surface area (Å²) >= 11 is 0. The summed E-state index contributed by atoms with van der Waals surface area (Å²) in [6.45, 7) is 2.39. The highest BCUT2D eigenvalue weighted by molar-refractivity contribution is 5.47. The normalized spacial score (nSPS) is 10.3. The molecule has 0 bridgehead atoms. The van der Waals surface area contributed by atoms with Crippen molar-refractivity contribution in [2.75, 3.05) is 19.0 Å². The van der Waals surface area contributed by atoms with E-state index in [-0.39, 0.29) is 0 Å². The van der Waals surface area contributed by atoms with Gasteiger partial charge in [0.25, 0.3) is 0 Å². The molecule has 2 aromatic heterocycles. The molecular weight excluding hydrogens is 220 g/mol. The molecule has 0 aliphatic rings. The van der Waals surface area contributed by atoms with Crippen molar-refractivity contribution < 1.29 is 4.74 Å². The first-order valence-electron chi connectivity index (χ1n) is 5.29. The highest BCUT2D eigenvalue weighted by atomic mass is 16.5. The molecule has 0 aliphatic carbocycles. The molecule has 90 valence electrons. The fourth-order valence-corrected chi connectivity index (χ4v) is 1.34. The number of hydrogen-bond acceptors (Lipinski definition) is 6. The van der Waals surface area contributed by atoms with E-state index in [0.717, 1.165) is 0 Å². The van der Waals surface area contributed by atoms with E-state index in [0.29, 0.717) is 30.2 Å². The Bertz CT molecular complexity index is 509. The molecule has 0 atom stereocenters. The minimum atomic E-state index is 0.296. The zero-order valence-electron chi connectivity index (χ0n) is 10.0. The number of anilines is 1. The largest absolute Gasteiger partial charge is 0.464 e. The van der Waals surface area contributed by atoms with Crippen molar-refractivity contribution in [1.29, 1.82) is 0 Å². The summed E-state index contributed by atoms with van der Waals surface area (Å²) in [4.78, 5) is 16.7. The van der Waals surface area contributed by atoms with Crippen LogP contribution in [0.4, 0.5) is 5.95 Å². The van der Waals surface area contributed by atoms with Crippen LogP contribution in [0.25, 0.3) is 11.6 Å². The van der Waals surface area contributed by atoms with E-state index in [4.69, 9.17) is 4.74 Å². The van der Waals surface area contributed by atoms with E-state index in [1.807, 2.05) is 24.7 Å². The van der Waals surface area contributed by atoms with E-state index in [2.05, 4.69) is 25.3 Å². The van der Waals surface area contributed by atoms with Gasteiger partial charge in [0.2, 0.25) is 11.8 Å². The minimum absolute atomic E-state index is 0.296. The number of rotatable bonds is 4. The van der Waals surface area contributed by atoms with Crippen molar-refractivity contribution in [3.8, 4) is 17.7 Å². The van der Waals surface area contributed by atoms with Crippen LogP contribution in [0.1, 0.15) is 6.92 Å². The predicted octanol–water partition coefficient (Wildman–Crippen LogP) is 0.712. The molecule has 0 radical (unpaired) electrons. The smallest absolute Gasteiger partial charge is 0.321 e. The Morgan fingerprint density at radius 3 is 2.76 bits per heavy atom. The van der Waals surface area contributed by atoms with Gasteiger partial charge in [0, 0.05) is 26.5 Å². The minimum Gasteiger partial charge on any atom is -0.464 e. The van der Waals surface area contributed by atoms with Gasteiger partial charge in [-0.2, -0.15) is 15.0 Å². The van der Waals surface area contributed by atoms with Gasteiger partial charge < -0.3 is 14.6 Å². The van der Waals surface area contributed by atoms with E-state index < -0.39 is 0 Å². The third-order valence-electron chi connectivity index (χ3n) is 2.13. The summed E-state index contributed by atoms with van der Waals surface area (Å²) in [5, 5.41) is 2.87. The molecule has 7 nitrogen and oxygen atoms in total. The van der Waals surface area contributed by atoms with Gasteiger partial charge in [-0.3, -0.25) is 0 Å². The molecule has 0 spiro atoms. The fraction of sp³-hybridized carbons (Fsp3) is 0.400. The van der Waals surface area contributed by atoms with Crippen LogP contribution in [-0.4, -0.2) is 38.2 Å². The number of nitrogens with one attached hydrogen (secondary N) is 1. The lowest BCUT2D eigenvalue weighted by atomic mass is 10.5. The third-order valence-corrected chi connectivity index (χ3v) is 2.13. The fourth-order valence-electron chi connectivity index (χ4n) is 1.34. The Labute approximate surface area is 98.9 Å². The Morgan fingerprint density at radius 1 is 1.35 bits per heavy atom. The lowest BCUT2D eigenvalue weighted by Crippen LogP contribution is -2.06. The van der Waals surface area contributed by atoms with Crippen LogP contribution >= 0.6 is 0 Å². The lowest BCUT2D eigenvalue weighted by Gasteiger charge is -2.06. The molecule has 2 aromatic rings. The number of aryl methyl sites for hydroxylation is 1. The quantitative estimate of drug-likeness (QED) is 0.839. The molecule has 0 aromatic carbocycles. The van der Waals surface area contributed by atoms with E-state index in [9.17, 15) is 0 Å². The summed E-state index contributed by atoms with van der Waals surface area (Å²) in [7, 11) is 3.62. The third kappa shape index (κ3) is 2.32. The summed E-state index contributed by atoms with van der Waals surface area (Å²) in [6.07, 6.45) is 3.52. The van der Waals surface area contributed by atoms with Crippen LogP contribution < -0.4 is 10.1 Å². The number of nitrogens with zero attached hydrogens (tertiary/aromatic N) is 5. The lowest BCUT2D eigenvalue weighted by molar-refractivity contribution is 0.312. The van der Waals surface area contributed by atoms with Gasteiger partial charge in [0.15, 0.2) is 5.82 Å². The number of imidazole rings is 1. The maximum Gasteiger partial charge on any atom is 0.321 e. The Balaban J connectivity index is 2.46. The second-order valence-electron chi connectivity index (χ2n) is 3.31. The highest BCUT2D eigenvalue weighted by Gasteiger charge is 2.11. The average molecular weight is 234 g/mol. The molecule has 1 N–H and O–H groups in total. The first kappa shape index (κ1) is 11.3. The van der Waals surface area contributed by atoms with Crippen molar-refractivity contribution >= 4 is 5.95 Å². The molecule has 0 aliphatic heterocycles. The molecule has 2 rings (SSSR count). The van der Waals surface area contributed by atoms with E-state index in [1.165, 1.54) is 0 Å².